The number of hydrogen-bond acceptors (Lipinski definition) is 3. The van der Waals surface area contributed by atoms with Gasteiger partial charge >= 0.3 is 0 Å². The summed E-state index contributed by atoms with van der Waals surface area (Å²) < 4.78 is 0. The van der Waals surface area contributed by atoms with Gasteiger partial charge in [0.15, 0.2) is 0 Å². The first-order valence-corrected chi connectivity index (χ1v) is 5.24. The van der Waals surface area contributed by atoms with Crippen molar-refractivity contribution in [2.24, 2.45) is 4.99 Å². The quantitative estimate of drug-likeness (QED) is 0.558. The van der Waals surface area contributed by atoms with E-state index in [1.807, 2.05) is 26.0 Å². The Hall–Kier alpha value is -1.91. The van der Waals surface area contributed by atoms with Crippen molar-refractivity contribution in [2.75, 3.05) is 0 Å². The Bertz CT molecular complexity index is 530. The van der Waals surface area contributed by atoms with E-state index in [2.05, 4.69) is 11.1 Å². The zero-order valence-electron chi connectivity index (χ0n) is 9.37. The molecule has 1 aliphatic rings. The minimum atomic E-state index is -0.385. The molecule has 3 heteroatoms. The lowest BCUT2D eigenvalue weighted by Crippen LogP contribution is -2.06. The number of hydrogen-bond donors (Lipinski definition) is 0. The highest BCUT2D eigenvalue weighted by Gasteiger charge is 2.46. The topological polar surface area (TPSA) is 53.2 Å². The van der Waals surface area contributed by atoms with Gasteiger partial charge in [0.25, 0.3) is 0 Å². The van der Waals surface area contributed by atoms with Gasteiger partial charge in [-0.3, -0.25) is 0 Å². The van der Waals surface area contributed by atoms with Crippen LogP contribution in [0.1, 0.15) is 35.1 Å². The van der Waals surface area contributed by atoms with Crippen LogP contribution in [0.3, 0.4) is 0 Å². The van der Waals surface area contributed by atoms with Crippen LogP contribution in [0.2, 0.25) is 0 Å². The molecular formula is C13H12N2O. The van der Waals surface area contributed by atoms with Gasteiger partial charge in [-0.05, 0) is 55.5 Å². The van der Waals surface area contributed by atoms with Crippen LogP contribution in [0.15, 0.2) is 17.1 Å². The highest BCUT2D eigenvalue weighted by atomic mass is 16.1. The number of rotatable bonds is 2. The average molecular weight is 212 g/mol. The lowest BCUT2D eigenvalue weighted by atomic mass is 9.93. The van der Waals surface area contributed by atoms with Crippen LogP contribution in [-0.4, -0.2) is 6.08 Å². The van der Waals surface area contributed by atoms with E-state index < -0.39 is 0 Å². The van der Waals surface area contributed by atoms with Crippen molar-refractivity contribution >= 4 is 6.08 Å². The zero-order valence-corrected chi connectivity index (χ0v) is 9.37. The van der Waals surface area contributed by atoms with Crippen LogP contribution in [0, 0.1) is 25.2 Å². The Labute approximate surface area is 94.4 Å². The Balaban J connectivity index is 2.61. The summed E-state index contributed by atoms with van der Waals surface area (Å²) in [5.41, 5.74) is 3.44. The molecule has 1 aromatic carbocycles. The van der Waals surface area contributed by atoms with E-state index in [0.29, 0.717) is 5.56 Å². The molecule has 0 aromatic heterocycles. The number of nitriles is 1. The Kier molecular flexibility index (Phi) is 2.38. The highest BCUT2D eigenvalue weighted by Crippen LogP contribution is 2.50. The molecule has 0 spiro atoms. The molecule has 80 valence electrons. The molecule has 0 saturated heterocycles. The summed E-state index contributed by atoms with van der Waals surface area (Å²) in [5.74, 6) is 0. The molecule has 0 heterocycles. The third kappa shape index (κ3) is 1.54. The van der Waals surface area contributed by atoms with Gasteiger partial charge in [0.2, 0.25) is 6.08 Å². The van der Waals surface area contributed by atoms with Crippen molar-refractivity contribution in [1.29, 1.82) is 5.26 Å². The van der Waals surface area contributed by atoms with Crippen molar-refractivity contribution in [3.63, 3.8) is 0 Å². The fraction of sp³-hybridized carbons (Fsp3) is 0.385. The molecule has 0 unspecified atom stereocenters. The van der Waals surface area contributed by atoms with Gasteiger partial charge in [-0.2, -0.15) is 10.3 Å². The molecule has 0 radical (unpaired) electrons. The fourth-order valence-corrected chi connectivity index (χ4v) is 2.05. The smallest absolute Gasteiger partial charge is 0.211 e. The van der Waals surface area contributed by atoms with Crippen LogP contribution in [0.4, 0.5) is 0 Å². The molecule has 16 heavy (non-hydrogen) atoms. The molecule has 3 nitrogen and oxygen atoms in total. The third-order valence-electron chi connectivity index (χ3n) is 3.28. The molecule has 1 aliphatic carbocycles. The van der Waals surface area contributed by atoms with Crippen molar-refractivity contribution in [1.82, 2.24) is 0 Å². The largest absolute Gasteiger partial charge is 0.235 e. The summed E-state index contributed by atoms with van der Waals surface area (Å²) in [4.78, 5) is 14.3. The van der Waals surface area contributed by atoms with E-state index in [-0.39, 0.29) is 5.54 Å². The van der Waals surface area contributed by atoms with Crippen molar-refractivity contribution < 1.29 is 4.79 Å². The molecule has 0 N–H and O–H groups in total. The first-order valence-electron chi connectivity index (χ1n) is 5.24. The SMILES string of the molecule is Cc1cc(C#N)cc(C2(N=C=O)CC2)c1C. The predicted octanol–water partition coefficient (Wildman–Crippen LogP) is 2.50. The first-order chi connectivity index (χ1) is 7.63. The van der Waals surface area contributed by atoms with Crippen LogP contribution in [-0.2, 0) is 10.3 Å². The van der Waals surface area contributed by atoms with E-state index in [4.69, 9.17) is 5.26 Å². The van der Waals surface area contributed by atoms with Gasteiger partial charge in [-0.1, -0.05) is 0 Å². The summed E-state index contributed by atoms with van der Waals surface area (Å²) in [6.07, 6.45) is 3.39. The number of carbonyl (C=O) groups excluding carboxylic acids is 1. The van der Waals surface area contributed by atoms with Crippen LogP contribution in [0.5, 0.6) is 0 Å². The average Bonchev–Trinajstić information content (AvgIpc) is 3.03. The Morgan fingerprint density at radius 2 is 2.06 bits per heavy atom. The standard InChI is InChI=1S/C13H12N2O/c1-9-5-11(7-14)6-12(10(9)2)13(3-4-13)15-8-16/h5-6H,3-4H2,1-2H3. The lowest BCUT2D eigenvalue weighted by Gasteiger charge is -2.14. The summed E-state index contributed by atoms with van der Waals surface area (Å²) in [5, 5.41) is 8.94. The molecule has 0 atom stereocenters. The number of nitrogens with zero attached hydrogens (tertiary/aromatic N) is 2. The van der Waals surface area contributed by atoms with E-state index in [0.717, 1.165) is 29.5 Å². The van der Waals surface area contributed by atoms with E-state index in [1.54, 1.807) is 6.08 Å². The number of isocyanates is 1. The third-order valence-corrected chi connectivity index (χ3v) is 3.28. The predicted molar refractivity (Wildman–Crippen MR) is 59.7 cm³/mol. The van der Waals surface area contributed by atoms with Crippen LogP contribution in [0.25, 0.3) is 0 Å². The molecule has 0 bridgehead atoms. The van der Waals surface area contributed by atoms with Crippen molar-refractivity contribution in [3.05, 3.63) is 34.4 Å². The normalized spacial score (nSPS) is 16.1. The monoisotopic (exact) mass is 212 g/mol. The van der Waals surface area contributed by atoms with E-state index in [9.17, 15) is 4.79 Å². The highest BCUT2D eigenvalue weighted by molar-refractivity contribution is 5.50. The first kappa shape index (κ1) is 10.6. The Morgan fingerprint density at radius 3 is 2.56 bits per heavy atom. The molecule has 1 fully saturated rings. The van der Waals surface area contributed by atoms with Gasteiger partial charge in [0.1, 0.15) is 0 Å². The van der Waals surface area contributed by atoms with E-state index >= 15 is 0 Å². The second kappa shape index (κ2) is 3.59. The molecule has 1 aromatic rings. The second-order valence-corrected chi connectivity index (χ2v) is 4.31. The van der Waals surface area contributed by atoms with Crippen LogP contribution < -0.4 is 0 Å². The lowest BCUT2D eigenvalue weighted by molar-refractivity contribution is 0.556. The van der Waals surface area contributed by atoms with Gasteiger partial charge in [-0.15, -0.1) is 0 Å². The van der Waals surface area contributed by atoms with E-state index in [1.165, 1.54) is 0 Å². The van der Waals surface area contributed by atoms with Gasteiger partial charge < -0.3 is 0 Å². The van der Waals surface area contributed by atoms with Gasteiger partial charge in [-0.25, -0.2) is 4.79 Å². The summed E-state index contributed by atoms with van der Waals surface area (Å²) in [7, 11) is 0. The molecule has 1 saturated carbocycles. The number of aliphatic imine (C=N–C) groups is 1. The summed E-state index contributed by atoms with van der Waals surface area (Å²) in [6.45, 7) is 3.98. The summed E-state index contributed by atoms with van der Waals surface area (Å²) in [6, 6.07) is 5.84. The molecule has 0 amide bonds. The van der Waals surface area contributed by atoms with Crippen molar-refractivity contribution in [2.45, 2.75) is 32.2 Å². The molecule has 0 aliphatic heterocycles. The second-order valence-electron chi connectivity index (χ2n) is 4.31. The minimum Gasteiger partial charge on any atom is -0.211 e. The number of benzene rings is 1. The van der Waals surface area contributed by atoms with Crippen LogP contribution >= 0.6 is 0 Å². The maximum atomic E-state index is 10.4. The minimum absolute atomic E-state index is 0.385. The van der Waals surface area contributed by atoms with Gasteiger partial charge in [0.05, 0.1) is 17.2 Å². The maximum absolute atomic E-state index is 10.4. The maximum Gasteiger partial charge on any atom is 0.235 e. The zero-order chi connectivity index (χ0) is 11.8. The summed E-state index contributed by atoms with van der Waals surface area (Å²) >= 11 is 0. The van der Waals surface area contributed by atoms with Crippen molar-refractivity contribution in [3.8, 4) is 6.07 Å². The molecular weight excluding hydrogens is 200 g/mol. The van der Waals surface area contributed by atoms with Gasteiger partial charge in [0, 0.05) is 0 Å². The fourth-order valence-electron chi connectivity index (χ4n) is 2.05. The molecule has 2 rings (SSSR count). The number of aryl methyl sites for hydroxylation is 1. The Morgan fingerprint density at radius 1 is 1.38 bits per heavy atom.